The molecule has 0 radical (unpaired) electrons. The lowest BCUT2D eigenvalue weighted by molar-refractivity contribution is -0.137. The molecule has 3 aromatic rings. The van der Waals surface area contributed by atoms with Crippen molar-refractivity contribution in [1.29, 1.82) is 0 Å². The minimum Gasteiger partial charge on any atom is -0.377 e. The first-order valence-corrected chi connectivity index (χ1v) is 11.3. The Bertz CT molecular complexity index is 1240. The highest BCUT2D eigenvalue weighted by molar-refractivity contribution is 7.92. The van der Waals surface area contributed by atoms with Crippen LogP contribution < -0.4 is 14.9 Å². The second-order valence-electron chi connectivity index (χ2n) is 7.43. The maximum absolute atomic E-state index is 13.0. The van der Waals surface area contributed by atoms with Crippen LogP contribution in [0.25, 0.3) is 0 Å². The predicted octanol–water partition coefficient (Wildman–Crippen LogP) is 4.50. The van der Waals surface area contributed by atoms with Crippen molar-refractivity contribution >= 4 is 27.3 Å². The molecule has 33 heavy (non-hydrogen) atoms. The molecule has 0 aliphatic rings. The third-order valence-corrected chi connectivity index (χ3v) is 6.12. The van der Waals surface area contributed by atoms with Gasteiger partial charge in [-0.05, 0) is 42.0 Å². The molecule has 0 saturated carbocycles. The number of alkyl halides is 3. The average molecular weight is 478 g/mol. The van der Waals surface area contributed by atoms with Crippen molar-refractivity contribution in [3.05, 3.63) is 89.5 Å². The van der Waals surface area contributed by atoms with Crippen molar-refractivity contribution in [3.8, 4) is 0 Å². The van der Waals surface area contributed by atoms with Gasteiger partial charge in [-0.3, -0.25) is 9.52 Å². The van der Waals surface area contributed by atoms with Crippen molar-refractivity contribution in [1.82, 2.24) is 5.32 Å². The van der Waals surface area contributed by atoms with E-state index in [4.69, 9.17) is 0 Å². The predicted molar refractivity (Wildman–Crippen MR) is 121 cm³/mol. The molecular formula is C23H22F3N3O3S. The number of nitrogens with one attached hydrogen (secondary N) is 2. The number of halogens is 3. The smallest absolute Gasteiger partial charge is 0.377 e. The fraction of sp³-hybridized carbons (Fsp3) is 0.174. The van der Waals surface area contributed by atoms with Gasteiger partial charge in [0, 0.05) is 32.0 Å². The molecule has 1 amide bonds. The first-order valence-electron chi connectivity index (χ1n) is 9.81. The van der Waals surface area contributed by atoms with E-state index >= 15 is 0 Å². The third kappa shape index (κ3) is 6.04. The topological polar surface area (TPSA) is 78.5 Å². The highest BCUT2D eigenvalue weighted by atomic mass is 32.2. The first-order chi connectivity index (χ1) is 15.5. The normalized spacial score (nSPS) is 11.7. The molecule has 10 heteroatoms. The maximum atomic E-state index is 13.0. The van der Waals surface area contributed by atoms with Crippen LogP contribution in [-0.4, -0.2) is 28.4 Å². The van der Waals surface area contributed by atoms with Crippen LogP contribution in [0.1, 0.15) is 21.5 Å². The van der Waals surface area contributed by atoms with E-state index in [1.807, 2.05) is 30.3 Å². The molecule has 0 aliphatic heterocycles. The van der Waals surface area contributed by atoms with Crippen molar-refractivity contribution < 1.29 is 26.4 Å². The third-order valence-electron chi connectivity index (χ3n) is 4.74. The van der Waals surface area contributed by atoms with Crippen LogP contribution in [0.3, 0.4) is 0 Å². The van der Waals surface area contributed by atoms with Gasteiger partial charge in [0.1, 0.15) is 0 Å². The summed E-state index contributed by atoms with van der Waals surface area (Å²) in [6.07, 6.45) is -4.68. The molecule has 0 spiro atoms. The molecule has 3 aromatic carbocycles. The van der Waals surface area contributed by atoms with Crippen LogP contribution >= 0.6 is 0 Å². The van der Waals surface area contributed by atoms with E-state index in [2.05, 4.69) is 10.0 Å². The number of benzene rings is 3. The Kier molecular flexibility index (Phi) is 6.97. The molecule has 0 fully saturated rings. The molecule has 2 N–H and O–H groups in total. The zero-order chi connectivity index (χ0) is 24.2. The lowest BCUT2D eigenvalue weighted by Crippen LogP contribution is -2.25. The molecule has 6 nitrogen and oxygen atoms in total. The number of carbonyl (C=O) groups excluding carboxylic acids is 1. The Morgan fingerprint density at radius 3 is 2.27 bits per heavy atom. The van der Waals surface area contributed by atoms with E-state index < -0.39 is 32.6 Å². The monoisotopic (exact) mass is 477 g/mol. The Balaban J connectivity index is 1.87. The van der Waals surface area contributed by atoms with Gasteiger partial charge in [-0.15, -0.1) is 0 Å². The van der Waals surface area contributed by atoms with Crippen LogP contribution in [0.5, 0.6) is 0 Å². The van der Waals surface area contributed by atoms with Crippen LogP contribution in [0.15, 0.2) is 77.7 Å². The molecular weight excluding hydrogens is 455 g/mol. The molecule has 0 unspecified atom stereocenters. The van der Waals surface area contributed by atoms with E-state index in [0.29, 0.717) is 11.8 Å². The molecule has 0 saturated heterocycles. The quantitative estimate of drug-likeness (QED) is 0.525. The second-order valence-corrected chi connectivity index (χ2v) is 9.11. The first kappa shape index (κ1) is 24.1. The standard InChI is InChI=1S/C23H22F3N3O3S/c1-29(2)21-12-11-18(14-20(21)22(30)27-15-16-7-4-3-5-8-16)28-33(31,32)19-10-6-9-17(13-19)23(24,25)26/h3-14,28H,15H2,1-2H3,(H,27,30). The number of hydrogen-bond donors (Lipinski definition) is 2. The van der Waals surface area contributed by atoms with E-state index in [1.165, 1.54) is 12.1 Å². The van der Waals surface area contributed by atoms with Gasteiger partial charge in [0.15, 0.2) is 0 Å². The Labute approximate surface area is 190 Å². The molecule has 3 rings (SSSR count). The summed E-state index contributed by atoms with van der Waals surface area (Å²) in [4.78, 5) is 14.0. The fourth-order valence-corrected chi connectivity index (χ4v) is 4.19. The number of rotatable bonds is 7. The number of hydrogen-bond acceptors (Lipinski definition) is 4. The molecule has 174 valence electrons. The van der Waals surface area contributed by atoms with Crippen LogP contribution in [0.2, 0.25) is 0 Å². The lowest BCUT2D eigenvalue weighted by Gasteiger charge is -2.19. The van der Waals surface area contributed by atoms with Gasteiger partial charge in [0.2, 0.25) is 0 Å². The van der Waals surface area contributed by atoms with Crippen molar-refractivity contribution in [2.24, 2.45) is 0 Å². The summed E-state index contributed by atoms with van der Waals surface area (Å²) in [7, 11) is -0.858. The SMILES string of the molecule is CN(C)c1ccc(NS(=O)(=O)c2cccc(C(F)(F)F)c2)cc1C(=O)NCc1ccccc1. The molecule has 0 bridgehead atoms. The van der Waals surface area contributed by atoms with Crippen molar-refractivity contribution in [3.63, 3.8) is 0 Å². The highest BCUT2D eigenvalue weighted by Gasteiger charge is 2.31. The average Bonchev–Trinajstić information content (AvgIpc) is 2.77. The largest absolute Gasteiger partial charge is 0.416 e. The van der Waals surface area contributed by atoms with Crippen LogP contribution in [0.4, 0.5) is 24.5 Å². The summed E-state index contributed by atoms with van der Waals surface area (Å²) in [6.45, 7) is 0.271. The summed E-state index contributed by atoms with van der Waals surface area (Å²) < 4.78 is 66.6. The van der Waals surface area contributed by atoms with E-state index in [0.717, 1.165) is 23.8 Å². The minimum atomic E-state index is -4.68. The Hall–Kier alpha value is -3.53. The van der Waals surface area contributed by atoms with Crippen molar-refractivity contribution in [2.75, 3.05) is 23.7 Å². The number of sulfonamides is 1. The Morgan fingerprint density at radius 2 is 1.64 bits per heavy atom. The van der Waals surface area contributed by atoms with E-state index in [-0.39, 0.29) is 17.8 Å². The van der Waals surface area contributed by atoms with Crippen LogP contribution in [0, 0.1) is 0 Å². The zero-order valence-corrected chi connectivity index (χ0v) is 18.7. The van der Waals surface area contributed by atoms with Crippen molar-refractivity contribution in [2.45, 2.75) is 17.6 Å². The number of anilines is 2. The summed E-state index contributed by atoms with van der Waals surface area (Å²) >= 11 is 0. The fourth-order valence-electron chi connectivity index (χ4n) is 3.10. The number of carbonyl (C=O) groups is 1. The van der Waals surface area contributed by atoms with Gasteiger partial charge >= 0.3 is 6.18 Å². The van der Waals surface area contributed by atoms with E-state index in [1.54, 1.807) is 25.1 Å². The van der Waals surface area contributed by atoms with Gasteiger partial charge < -0.3 is 10.2 Å². The van der Waals surface area contributed by atoms with Crippen LogP contribution in [-0.2, 0) is 22.7 Å². The summed E-state index contributed by atoms with van der Waals surface area (Å²) in [5, 5.41) is 2.79. The number of nitrogens with zero attached hydrogens (tertiary/aromatic N) is 1. The van der Waals surface area contributed by atoms with E-state index in [9.17, 15) is 26.4 Å². The highest BCUT2D eigenvalue weighted by Crippen LogP contribution is 2.31. The zero-order valence-electron chi connectivity index (χ0n) is 17.8. The second kappa shape index (κ2) is 9.53. The van der Waals surface area contributed by atoms with Gasteiger partial charge in [-0.1, -0.05) is 36.4 Å². The molecule has 0 atom stereocenters. The Morgan fingerprint density at radius 1 is 0.939 bits per heavy atom. The summed E-state index contributed by atoms with van der Waals surface area (Å²) in [5.41, 5.74) is 0.610. The van der Waals surface area contributed by atoms with Gasteiger partial charge in [0.05, 0.1) is 16.0 Å². The minimum absolute atomic E-state index is 0.0443. The number of amides is 1. The summed E-state index contributed by atoms with van der Waals surface area (Å²) in [5.74, 6) is -0.428. The molecule has 0 heterocycles. The van der Waals surface area contributed by atoms with Gasteiger partial charge in [-0.25, -0.2) is 8.42 Å². The maximum Gasteiger partial charge on any atom is 0.416 e. The van der Waals surface area contributed by atoms with Gasteiger partial charge in [0.25, 0.3) is 15.9 Å². The van der Waals surface area contributed by atoms with Gasteiger partial charge in [-0.2, -0.15) is 13.2 Å². The molecule has 0 aliphatic carbocycles. The lowest BCUT2D eigenvalue weighted by atomic mass is 10.1. The summed E-state index contributed by atoms with van der Waals surface area (Å²) in [6, 6.07) is 17.0. The molecule has 0 aromatic heterocycles.